The molecule has 1 aromatic carbocycles. The van der Waals surface area contributed by atoms with Crippen molar-refractivity contribution in [2.75, 3.05) is 25.1 Å². The SMILES string of the molecule is CC(C)(C)OC(=O)NCCOc1cc(-c2c(NC(=O)c3cnn4cccnc34)cnn2COCC[Si](C)(C)C)c(OC(F)F)cc1Cl. The maximum absolute atomic E-state index is 13.6. The molecule has 13 nitrogen and oxygen atoms in total. The number of rotatable bonds is 14. The van der Waals surface area contributed by atoms with Gasteiger partial charge in [0.1, 0.15) is 36.0 Å². The summed E-state index contributed by atoms with van der Waals surface area (Å²) < 4.78 is 52.0. The van der Waals surface area contributed by atoms with Crippen LogP contribution in [0.3, 0.4) is 0 Å². The summed E-state index contributed by atoms with van der Waals surface area (Å²) in [5.41, 5.74) is 0.261. The van der Waals surface area contributed by atoms with Crippen LogP contribution in [0.2, 0.25) is 30.7 Å². The fraction of sp³-hybridized carbons (Fsp3) is 0.433. The van der Waals surface area contributed by atoms with Crippen molar-refractivity contribution >= 4 is 43.0 Å². The smallest absolute Gasteiger partial charge is 0.407 e. The fourth-order valence-corrected chi connectivity index (χ4v) is 5.18. The molecule has 2 amide bonds. The molecule has 254 valence electrons. The van der Waals surface area contributed by atoms with Crippen LogP contribution in [0.25, 0.3) is 16.9 Å². The van der Waals surface area contributed by atoms with Gasteiger partial charge in [0.05, 0.1) is 35.3 Å². The van der Waals surface area contributed by atoms with Crippen molar-refractivity contribution in [1.29, 1.82) is 0 Å². The number of alkyl carbamates (subject to hydrolysis) is 1. The summed E-state index contributed by atoms with van der Waals surface area (Å²) in [6.07, 6.45) is 5.29. The van der Waals surface area contributed by atoms with Crippen LogP contribution in [-0.4, -0.2) is 76.4 Å². The number of halogens is 3. The van der Waals surface area contributed by atoms with Crippen molar-refractivity contribution in [3.8, 4) is 22.8 Å². The number of nitrogens with zero attached hydrogens (tertiary/aromatic N) is 5. The van der Waals surface area contributed by atoms with Gasteiger partial charge in [-0.1, -0.05) is 31.2 Å². The van der Waals surface area contributed by atoms with Gasteiger partial charge in [0, 0.05) is 38.7 Å². The Bertz CT molecular complexity index is 1700. The summed E-state index contributed by atoms with van der Waals surface area (Å²) in [5.74, 6) is -0.749. The molecule has 0 aliphatic rings. The number of anilines is 1. The lowest BCUT2D eigenvalue weighted by Crippen LogP contribution is -2.34. The van der Waals surface area contributed by atoms with Crippen molar-refractivity contribution in [2.45, 2.75) is 65.4 Å². The second kappa shape index (κ2) is 15.1. The molecular formula is C30H38ClF2N7O6Si. The van der Waals surface area contributed by atoms with Gasteiger partial charge in [-0.25, -0.2) is 19.0 Å². The maximum atomic E-state index is 13.6. The van der Waals surface area contributed by atoms with E-state index in [1.54, 1.807) is 33.0 Å². The van der Waals surface area contributed by atoms with E-state index < -0.39 is 32.3 Å². The summed E-state index contributed by atoms with van der Waals surface area (Å²) in [6, 6.07) is 5.13. The molecular weight excluding hydrogens is 656 g/mol. The highest BCUT2D eigenvalue weighted by Gasteiger charge is 2.25. The molecule has 4 rings (SSSR count). The van der Waals surface area contributed by atoms with Gasteiger partial charge in [-0.15, -0.1) is 0 Å². The first-order valence-electron chi connectivity index (χ1n) is 14.7. The van der Waals surface area contributed by atoms with Crippen molar-refractivity contribution in [3.63, 3.8) is 0 Å². The molecule has 3 aromatic heterocycles. The Labute approximate surface area is 276 Å². The highest BCUT2D eigenvalue weighted by molar-refractivity contribution is 6.76. The van der Waals surface area contributed by atoms with E-state index in [1.807, 2.05) is 0 Å². The molecule has 0 saturated carbocycles. The van der Waals surface area contributed by atoms with E-state index in [-0.39, 0.29) is 58.9 Å². The van der Waals surface area contributed by atoms with Gasteiger partial charge in [-0.2, -0.15) is 19.0 Å². The summed E-state index contributed by atoms with van der Waals surface area (Å²) in [5, 5.41) is 13.9. The van der Waals surface area contributed by atoms with Crippen LogP contribution >= 0.6 is 11.6 Å². The third-order valence-corrected chi connectivity index (χ3v) is 8.35. The number of hydrogen-bond donors (Lipinski definition) is 2. The number of carbonyl (C=O) groups excluding carboxylic acids is 2. The van der Waals surface area contributed by atoms with Gasteiger partial charge in [0.2, 0.25) is 0 Å². The summed E-state index contributed by atoms with van der Waals surface area (Å²) in [4.78, 5) is 29.7. The minimum Gasteiger partial charge on any atom is -0.490 e. The van der Waals surface area contributed by atoms with E-state index in [0.717, 1.165) is 6.04 Å². The molecule has 0 saturated heterocycles. The molecule has 2 N–H and O–H groups in total. The highest BCUT2D eigenvalue weighted by Crippen LogP contribution is 2.42. The third kappa shape index (κ3) is 10.1. The molecule has 47 heavy (non-hydrogen) atoms. The largest absolute Gasteiger partial charge is 0.490 e. The van der Waals surface area contributed by atoms with Crippen LogP contribution in [-0.2, 0) is 16.2 Å². The average Bonchev–Trinajstić information content (AvgIpc) is 3.57. The zero-order valence-corrected chi connectivity index (χ0v) is 28.7. The molecule has 0 atom stereocenters. The summed E-state index contributed by atoms with van der Waals surface area (Å²) in [7, 11) is -1.41. The minimum absolute atomic E-state index is 0.0258. The highest BCUT2D eigenvalue weighted by atomic mass is 35.5. The third-order valence-electron chi connectivity index (χ3n) is 6.35. The Morgan fingerprint density at radius 3 is 2.55 bits per heavy atom. The van der Waals surface area contributed by atoms with E-state index >= 15 is 0 Å². The maximum Gasteiger partial charge on any atom is 0.407 e. The molecule has 0 aliphatic heterocycles. The minimum atomic E-state index is -3.19. The molecule has 4 aromatic rings. The predicted octanol–water partition coefficient (Wildman–Crippen LogP) is 6.32. The van der Waals surface area contributed by atoms with Crippen molar-refractivity contribution in [1.82, 2.24) is 29.7 Å². The van der Waals surface area contributed by atoms with Gasteiger partial charge < -0.3 is 29.6 Å². The number of benzene rings is 1. The molecule has 3 heterocycles. The molecule has 17 heteroatoms. The number of hydrogen-bond acceptors (Lipinski definition) is 9. The van der Waals surface area contributed by atoms with E-state index in [2.05, 4.69) is 45.5 Å². The summed E-state index contributed by atoms with van der Waals surface area (Å²) in [6.45, 7) is 9.09. The molecule has 0 unspecified atom stereocenters. The van der Waals surface area contributed by atoms with Gasteiger partial charge in [-0.05, 0) is 38.9 Å². The number of aromatic nitrogens is 5. The second-order valence-corrected chi connectivity index (χ2v) is 18.6. The monoisotopic (exact) mass is 693 g/mol. The quantitative estimate of drug-likeness (QED) is 0.115. The first kappa shape index (κ1) is 35.6. The summed E-state index contributed by atoms with van der Waals surface area (Å²) >= 11 is 6.42. The molecule has 0 fully saturated rings. The van der Waals surface area contributed by atoms with Crippen molar-refractivity contribution in [3.05, 3.63) is 53.6 Å². The van der Waals surface area contributed by atoms with Crippen LogP contribution in [0, 0.1) is 0 Å². The van der Waals surface area contributed by atoms with Gasteiger partial charge >= 0.3 is 12.7 Å². The van der Waals surface area contributed by atoms with E-state index in [1.165, 1.54) is 39.9 Å². The first-order chi connectivity index (χ1) is 22.1. The molecule has 0 radical (unpaired) electrons. The Kier molecular flexibility index (Phi) is 11.4. The Morgan fingerprint density at radius 1 is 1.09 bits per heavy atom. The Morgan fingerprint density at radius 2 is 1.85 bits per heavy atom. The van der Waals surface area contributed by atoms with Crippen LogP contribution < -0.4 is 20.1 Å². The Balaban J connectivity index is 1.67. The zero-order chi connectivity index (χ0) is 34.4. The number of amides is 2. The molecule has 0 bridgehead atoms. The van der Waals surface area contributed by atoms with Crippen LogP contribution in [0.5, 0.6) is 11.5 Å². The van der Waals surface area contributed by atoms with E-state index in [4.69, 9.17) is 30.5 Å². The topological polar surface area (TPSA) is 143 Å². The van der Waals surface area contributed by atoms with Crippen LogP contribution in [0.4, 0.5) is 19.3 Å². The molecule has 0 spiro atoms. The standard InChI is InChI=1S/C30H38ClF2N7O6Si/c1-30(2,3)46-29(42)35-9-11-44-24-14-19(23(15-21(24)31)45-28(32)33)25-22(17-37-40(25)18-43-12-13-47(4,5)6)38-27(41)20-16-36-39-10-7-8-34-26(20)39/h7-8,10,14-17,28H,9,11-13,18H2,1-6H3,(H,35,42)(H,38,41). The lowest BCUT2D eigenvalue weighted by Gasteiger charge is -2.20. The zero-order valence-electron chi connectivity index (χ0n) is 27.0. The second-order valence-electron chi connectivity index (χ2n) is 12.6. The van der Waals surface area contributed by atoms with E-state index in [0.29, 0.717) is 12.3 Å². The molecule has 0 aliphatic carbocycles. The number of nitrogens with one attached hydrogen (secondary N) is 2. The van der Waals surface area contributed by atoms with E-state index in [9.17, 15) is 18.4 Å². The predicted molar refractivity (Wildman–Crippen MR) is 174 cm³/mol. The number of alkyl halides is 2. The normalized spacial score (nSPS) is 12.0. The van der Waals surface area contributed by atoms with Crippen molar-refractivity contribution < 1.29 is 37.3 Å². The number of ether oxygens (including phenoxy) is 4. The van der Waals surface area contributed by atoms with Crippen molar-refractivity contribution in [2.24, 2.45) is 0 Å². The van der Waals surface area contributed by atoms with Gasteiger partial charge in [0.15, 0.2) is 5.65 Å². The van der Waals surface area contributed by atoms with Crippen LogP contribution in [0.1, 0.15) is 31.1 Å². The average molecular weight is 694 g/mol. The Hall–Kier alpha value is -4.28. The number of carbonyl (C=O) groups is 2. The lowest BCUT2D eigenvalue weighted by molar-refractivity contribution is -0.0495. The van der Waals surface area contributed by atoms with Gasteiger partial charge in [-0.3, -0.25) is 4.79 Å². The van der Waals surface area contributed by atoms with Crippen LogP contribution in [0.15, 0.2) is 43.0 Å². The first-order valence-corrected chi connectivity index (χ1v) is 18.8. The lowest BCUT2D eigenvalue weighted by atomic mass is 10.1. The van der Waals surface area contributed by atoms with Gasteiger partial charge in [0.25, 0.3) is 5.91 Å². The number of fused-ring (bicyclic) bond motifs is 1. The fourth-order valence-electron chi connectivity index (χ4n) is 4.22.